The number of quaternary nitrogens is 1. The second kappa shape index (κ2) is 3.19. The van der Waals surface area contributed by atoms with E-state index in [4.69, 9.17) is 4.74 Å². The van der Waals surface area contributed by atoms with E-state index >= 15 is 0 Å². The molecule has 1 rings (SSSR count). The lowest BCUT2D eigenvalue weighted by atomic mass is 9.63. The Morgan fingerprint density at radius 2 is 1.80 bits per heavy atom. The van der Waals surface area contributed by atoms with Gasteiger partial charge in [0.1, 0.15) is 0 Å². The van der Waals surface area contributed by atoms with E-state index in [1.165, 1.54) is 7.05 Å². The van der Waals surface area contributed by atoms with Crippen molar-refractivity contribution in [3.05, 3.63) is 5.21 Å². The number of hydroxylamine groups is 2. The Morgan fingerprint density at radius 1 is 1.33 bits per heavy atom. The summed E-state index contributed by atoms with van der Waals surface area (Å²) in [7, 11) is 1.50. The fourth-order valence-corrected chi connectivity index (χ4v) is 2.45. The molecule has 0 aliphatic carbocycles. The van der Waals surface area contributed by atoms with Crippen LogP contribution in [0.15, 0.2) is 0 Å². The van der Waals surface area contributed by atoms with Crippen LogP contribution in [0.3, 0.4) is 0 Å². The zero-order valence-electron chi connectivity index (χ0n) is 10.4. The first kappa shape index (κ1) is 12.5. The summed E-state index contributed by atoms with van der Waals surface area (Å²) in [5, 5.41) is 11.7. The Kier molecular flexibility index (Phi) is 2.65. The molecule has 0 aromatic carbocycles. The lowest BCUT2D eigenvalue weighted by molar-refractivity contribution is -0.922. The molecule has 4 nitrogen and oxygen atoms in total. The topological polar surface area (TPSA) is 53.8 Å². The van der Waals surface area contributed by atoms with Crippen molar-refractivity contribution in [2.24, 2.45) is 10.8 Å². The molecular formula is C11H21NO3. The molecular weight excluding hydrogens is 194 g/mol. The molecule has 2 unspecified atom stereocenters. The summed E-state index contributed by atoms with van der Waals surface area (Å²) in [6.45, 7) is 9.44. The van der Waals surface area contributed by atoms with Crippen LogP contribution in [-0.4, -0.2) is 18.7 Å². The van der Waals surface area contributed by atoms with E-state index in [9.17, 15) is 10.0 Å². The van der Waals surface area contributed by atoms with Gasteiger partial charge in [-0.25, -0.2) is 0 Å². The van der Waals surface area contributed by atoms with E-state index in [0.29, 0.717) is 6.42 Å². The first-order valence-electron chi connectivity index (χ1n) is 5.38. The average molecular weight is 215 g/mol. The van der Waals surface area contributed by atoms with Gasteiger partial charge in [0.2, 0.25) is 5.72 Å². The summed E-state index contributed by atoms with van der Waals surface area (Å²) in [6.07, 6.45) is 0.532. The third-order valence-corrected chi connectivity index (χ3v) is 4.42. The van der Waals surface area contributed by atoms with Crippen LogP contribution in [-0.2, 0) is 9.53 Å². The van der Waals surface area contributed by atoms with Crippen LogP contribution in [0.4, 0.5) is 0 Å². The Hall–Kier alpha value is -0.610. The predicted octanol–water partition coefficient (Wildman–Crippen LogP) is 0.714. The van der Waals surface area contributed by atoms with Gasteiger partial charge in [0.15, 0.2) is 0 Å². The Balaban J connectivity index is 3.31. The van der Waals surface area contributed by atoms with Gasteiger partial charge in [0.05, 0.1) is 17.9 Å². The number of nitrogens with one attached hydrogen (secondary N) is 1. The zero-order valence-corrected chi connectivity index (χ0v) is 10.4. The third kappa shape index (κ3) is 1.24. The van der Waals surface area contributed by atoms with Crippen molar-refractivity contribution in [3.63, 3.8) is 0 Å². The number of carbonyl (C=O) groups is 1. The van der Waals surface area contributed by atoms with E-state index < -0.39 is 16.6 Å². The number of cyclic esters (lactones) is 1. The molecule has 1 saturated heterocycles. The molecule has 2 atom stereocenters. The normalized spacial score (nSPS) is 35.0. The van der Waals surface area contributed by atoms with Gasteiger partial charge >= 0.3 is 5.97 Å². The van der Waals surface area contributed by atoms with Gasteiger partial charge in [-0.3, -0.25) is 4.79 Å². The second-order valence-corrected chi connectivity index (χ2v) is 5.38. The SMILES string of the molecule is CCC1([NH+](C)[O-])OC(=O)C(C)(C)C1(C)C. The largest absolute Gasteiger partial charge is 0.632 e. The molecule has 15 heavy (non-hydrogen) atoms. The molecule has 1 aliphatic rings. The molecule has 0 amide bonds. The number of esters is 1. The summed E-state index contributed by atoms with van der Waals surface area (Å²) in [5.74, 6) is -0.274. The van der Waals surface area contributed by atoms with E-state index in [2.05, 4.69) is 0 Å². The maximum absolute atomic E-state index is 11.8. The number of rotatable bonds is 2. The molecule has 0 bridgehead atoms. The quantitative estimate of drug-likeness (QED) is 0.545. The number of carbonyl (C=O) groups excluding carboxylic acids is 1. The van der Waals surface area contributed by atoms with Crippen molar-refractivity contribution < 1.29 is 14.6 Å². The minimum absolute atomic E-state index is 0.0612. The fourth-order valence-electron chi connectivity index (χ4n) is 2.45. The summed E-state index contributed by atoms with van der Waals surface area (Å²) < 4.78 is 5.40. The lowest BCUT2D eigenvalue weighted by Gasteiger charge is -2.46. The summed E-state index contributed by atoms with van der Waals surface area (Å²) in [6, 6.07) is 0. The van der Waals surface area contributed by atoms with Crippen LogP contribution < -0.4 is 5.06 Å². The van der Waals surface area contributed by atoms with Crippen LogP contribution in [0.2, 0.25) is 0 Å². The van der Waals surface area contributed by atoms with E-state index in [0.717, 1.165) is 0 Å². The van der Waals surface area contributed by atoms with Gasteiger partial charge in [-0.05, 0) is 27.7 Å². The monoisotopic (exact) mass is 215 g/mol. The molecule has 88 valence electrons. The van der Waals surface area contributed by atoms with Crippen molar-refractivity contribution in [1.29, 1.82) is 0 Å². The molecule has 1 fully saturated rings. The van der Waals surface area contributed by atoms with Crippen LogP contribution in [0.25, 0.3) is 0 Å². The van der Waals surface area contributed by atoms with Crippen LogP contribution in [0.5, 0.6) is 0 Å². The highest BCUT2D eigenvalue weighted by Crippen LogP contribution is 2.53. The van der Waals surface area contributed by atoms with Crippen molar-refractivity contribution in [2.45, 2.75) is 46.8 Å². The second-order valence-electron chi connectivity index (χ2n) is 5.38. The molecule has 0 saturated carbocycles. The van der Waals surface area contributed by atoms with Gasteiger partial charge in [-0.2, -0.15) is 0 Å². The van der Waals surface area contributed by atoms with Gasteiger partial charge < -0.3 is 15.0 Å². The highest BCUT2D eigenvalue weighted by molar-refractivity contribution is 5.80. The Labute approximate surface area is 91.2 Å². The van der Waals surface area contributed by atoms with Crippen LogP contribution >= 0.6 is 0 Å². The van der Waals surface area contributed by atoms with Gasteiger partial charge in [0.25, 0.3) is 0 Å². The van der Waals surface area contributed by atoms with Gasteiger partial charge in [-0.15, -0.1) is 0 Å². The summed E-state index contributed by atoms with van der Waals surface area (Å²) in [5.41, 5.74) is -2.04. The Bertz CT molecular complexity index is 284. The highest BCUT2D eigenvalue weighted by atomic mass is 16.6. The smallest absolute Gasteiger partial charge is 0.317 e. The van der Waals surface area contributed by atoms with E-state index in [1.807, 2.05) is 34.6 Å². The summed E-state index contributed by atoms with van der Waals surface area (Å²) >= 11 is 0. The molecule has 1 N–H and O–H groups in total. The van der Waals surface area contributed by atoms with Crippen molar-refractivity contribution >= 4 is 5.97 Å². The van der Waals surface area contributed by atoms with Gasteiger partial charge in [-0.1, -0.05) is 6.92 Å². The molecule has 0 aromatic rings. The Morgan fingerprint density at radius 3 is 1.93 bits per heavy atom. The van der Waals surface area contributed by atoms with Crippen molar-refractivity contribution in [2.75, 3.05) is 7.05 Å². The van der Waals surface area contributed by atoms with E-state index in [1.54, 1.807) is 0 Å². The first-order chi connectivity index (χ1) is 6.63. The standard InChI is InChI=1S/C11H21NO3/c1-7-11(12(6)14)10(4,5)9(2,3)8(13)15-11/h12H,7H2,1-6H3. The molecule has 0 radical (unpaired) electrons. The van der Waals surface area contributed by atoms with Crippen LogP contribution in [0, 0.1) is 16.0 Å². The number of hydrogen-bond donors (Lipinski definition) is 1. The minimum Gasteiger partial charge on any atom is -0.632 e. The first-order valence-corrected chi connectivity index (χ1v) is 5.38. The maximum atomic E-state index is 11.8. The average Bonchev–Trinajstić information content (AvgIpc) is 2.24. The maximum Gasteiger partial charge on any atom is 0.317 e. The zero-order chi connectivity index (χ0) is 12.1. The lowest BCUT2D eigenvalue weighted by Crippen LogP contribution is -3.15. The summed E-state index contributed by atoms with van der Waals surface area (Å²) in [4.78, 5) is 11.8. The number of hydrogen-bond acceptors (Lipinski definition) is 3. The molecule has 4 heteroatoms. The van der Waals surface area contributed by atoms with E-state index in [-0.39, 0.29) is 11.0 Å². The van der Waals surface area contributed by atoms with Crippen molar-refractivity contribution in [1.82, 2.24) is 0 Å². The minimum atomic E-state index is -0.951. The molecule has 0 spiro atoms. The molecule has 0 aromatic heterocycles. The fraction of sp³-hybridized carbons (Fsp3) is 0.909. The molecule has 1 aliphatic heterocycles. The predicted molar refractivity (Wildman–Crippen MR) is 56.9 cm³/mol. The highest BCUT2D eigenvalue weighted by Gasteiger charge is 2.68. The molecule has 1 heterocycles. The third-order valence-electron chi connectivity index (χ3n) is 4.42. The van der Waals surface area contributed by atoms with Crippen LogP contribution in [0.1, 0.15) is 41.0 Å². The van der Waals surface area contributed by atoms with Crippen molar-refractivity contribution in [3.8, 4) is 0 Å². The number of ether oxygens (including phenoxy) is 1. The van der Waals surface area contributed by atoms with Gasteiger partial charge in [0, 0.05) is 6.42 Å².